The molecule has 0 aliphatic carbocycles. The maximum atomic E-state index is 10.5. The van der Waals surface area contributed by atoms with Crippen LogP contribution in [0.5, 0.6) is 0 Å². The first kappa shape index (κ1) is 13.9. The summed E-state index contributed by atoms with van der Waals surface area (Å²) in [4.78, 5) is -0.147. The fourth-order valence-corrected chi connectivity index (χ4v) is 1.12. The number of anilines is 1. The smallest absolute Gasteiger partial charge is 0.402 e. The molecule has 84 valence electrons. The van der Waals surface area contributed by atoms with Gasteiger partial charge in [0.2, 0.25) is 0 Å². The summed E-state index contributed by atoms with van der Waals surface area (Å²) < 4.78 is 29.4. The predicted molar refractivity (Wildman–Crippen MR) is 53.1 cm³/mol. The third kappa shape index (κ3) is 6.88. The van der Waals surface area contributed by atoms with Crippen LogP contribution in [-0.4, -0.2) is 35.4 Å². The summed E-state index contributed by atoms with van der Waals surface area (Å²) in [6.45, 7) is 0. The van der Waals surface area contributed by atoms with Gasteiger partial charge in [-0.2, -0.15) is 8.42 Å². The number of rotatable bonds is 1. The number of nitrogens with two attached hydrogens (primary N) is 1. The molecule has 0 aliphatic heterocycles. The van der Waals surface area contributed by atoms with Gasteiger partial charge in [0.15, 0.2) is 0 Å². The molecule has 15 heavy (non-hydrogen) atoms. The van der Waals surface area contributed by atoms with Crippen molar-refractivity contribution in [2.45, 2.75) is 4.90 Å². The quantitative estimate of drug-likeness (QED) is 0.225. The number of nitrogen functional groups attached to an aromatic ring is 1. The van der Waals surface area contributed by atoms with Crippen molar-refractivity contribution in [1.29, 1.82) is 0 Å². The lowest BCUT2D eigenvalue weighted by molar-refractivity contribution is 0.278. The van der Waals surface area contributed by atoms with E-state index in [1.165, 1.54) is 24.3 Å². The zero-order valence-electron chi connectivity index (χ0n) is 7.48. The van der Waals surface area contributed by atoms with Crippen LogP contribution in [0.1, 0.15) is 0 Å². The predicted octanol–water partition coefficient (Wildman–Crippen LogP) is -1.54. The summed E-state index contributed by atoms with van der Waals surface area (Å²) >= 11 is 0. The summed E-state index contributed by atoms with van der Waals surface area (Å²) in [7, 11) is -6.24. The second-order valence-electron chi connectivity index (χ2n) is 2.39. The Balaban J connectivity index is 0.000000423. The van der Waals surface area contributed by atoms with Gasteiger partial charge in [0.25, 0.3) is 10.1 Å². The fourth-order valence-electron chi connectivity index (χ4n) is 0.640. The van der Waals surface area contributed by atoms with E-state index in [0.29, 0.717) is 5.69 Å². The first-order valence-corrected chi connectivity index (χ1v) is 5.04. The van der Waals surface area contributed by atoms with Gasteiger partial charge < -0.3 is 20.8 Å². The minimum atomic E-state index is -4.08. The molecule has 0 unspecified atom stereocenters. The van der Waals surface area contributed by atoms with Crippen molar-refractivity contribution < 1.29 is 28.0 Å². The lowest BCUT2D eigenvalue weighted by Crippen LogP contribution is -2.07. The molecule has 1 rings (SSSR count). The SMILES string of the molecule is Nc1ccc(S(=O)(=O)O)cc1.OB(O)O. The monoisotopic (exact) mass is 235 g/mol. The molecule has 0 saturated carbocycles. The first-order valence-electron chi connectivity index (χ1n) is 3.60. The molecule has 0 saturated heterocycles. The van der Waals surface area contributed by atoms with Crippen LogP contribution in [0.4, 0.5) is 5.69 Å². The molecule has 1 aromatic rings. The molecule has 0 spiro atoms. The van der Waals surface area contributed by atoms with Crippen molar-refractivity contribution >= 4 is 23.1 Å². The van der Waals surface area contributed by atoms with Gasteiger partial charge >= 0.3 is 7.32 Å². The van der Waals surface area contributed by atoms with E-state index in [4.69, 9.17) is 25.4 Å². The molecule has 0 fully saturated rings. The Bertz CT molecular complexity index is 386. The summed E-state index contributed by atoms with van der Waals surface area (Å²) in [5, 5.41) is 21.5. The zero-order valence-corrected chi connectivity index (χ0v) is 8.29. The largest absolute Gasteiger partial charge is 0.631 e. The van der Waals surface area contributed by atoms with E-state index in [-0.39, 0.29) is 4.90 Å². The van der Waals surface area contributed by atoms with E-state index in [0.717, 1.165) is 0 Å². The third-order valence-electron chi connectivity index (χ3n) is 1.18. The lowest BCUT2D eigenvalue weighted by atomic mass is 10.3. The number of hydrogen-bond acceptors (Lipinski definition) is 6. The van der Waals surface area contributed by atoms with Gasteiger partial charge in [-0.15, -0.1) is 0 Å². The molecule has 0 amide bonds. The molecular weight excluding hydrogens is 225 g/mol. The summed E-state index contributed by atoms with van der Waals surface area (Å²) in [6.07, 6.45) is 0. The Kier molecular flexibility index (Phi) is 5.26. The van der Waals surface area contributed by atoms with Gasteiger partial charge in [0.1, 0.15) is 0 Å². The van der Waals surface area contributed by atoms with E-state index in [9.17, 15) is 8.42 Å². The molecule has 0 radical (unpaired) electrons. The van der Waals surface area contributed by atoms with Crippen LogP contribution >= 0.6 is 0 Å². The molecule has 0 heterocycles. The van der Waals surface area contributed by atoms with Crippen LogP contribution in [0.2, 0.25) is 0 Å². The van der Waals surface area contributed by atoms with Crippen LogP contribution in [0.25, 0.3) is 0 Å². The average molecular weight is 235 g/mol. The highest BCUT2D eigenvalue weighted by atomic mass is 32.2. The average Bonchev–Trinajstić information content (AvgIpc) is 2.01. The molecule has 0 atom stereocenters. The van der Waals surface area contributed by atoms with Crippen LogP contribution in [0, 0.1) is 0 Å². The number of hydrogen-bond donors (Lipinski definition) is 5. The van der Waals surface area contributed by atoms with Gasteiger partial charge in [-0.3, -0.25) is 4.55 Å². The highest BCUT2D eigenvalue weighted by molar-refractivity contribution is 7.85. The molecule has 1 aromatic carbocycles. The van der Waals surface area contributed by atoms with Gasteiger partial charge in [-0.05, 0) is 24.3 Å². The van der Waals surface area contributed by atoms with E-state index < -0.39 is 17.4 Å². The minimum absolute atomic E-state index is 0.147. The van der Waals surface area contributed by atoms with E-state index in [1.54, 1.807) is 0 Å². The molecule has 7 nitrogen and oxygen atoms in total. The van der Waals surface area contributed by atoms with Crippen molar-refractivity contribution in [1.82, 2.24) is 0 Å². The Labute approximate surface area is 86.7 Å². The Hall–Kier alpha value is -1.13. The van der Waals surface area contributed by atoms with Crippen molar-refractivity contribution in [3.05, 3.63) is 24.3 Å². The van der Waals surface area contributed by atoms with Crippen LogP contribution < -0.4 is 5.73 Å². The highest BCUT2D eigenvalue weighted by Gasteiger charge is 2.06. The Morgan fingerprint density at radius 1 is 1.07 bits per heavy atom. The summed E-state index contributed by atoms with van der Waals surface area (Å²) in [5.41, 5.74) is 5.75. The van der Waals surface area contributed by atoms with Crippen molar-refractivity contribution in [3.63, 3.8) is 0 Å². The van der Waals surface area contributed by atoms with Gasteiger partial charge in [-0.25, -0.2) is 0 Å². The second kappa shape index (κ2) is 5.68. The van der Waals surface area contributed by atoms with E-state index in [2.05, 4.69) is 0 Å². The van der Waals surface area contributed by atoms with Crippen LogP contribution in [0.15, 0.2) is 29.2 Å². The Morgan fingerprint density at radius 3 is 1.67 bits per heavy atom. The van der Waals surface area contributed by atoms with E-state index >= 15 is 0 Å². The molecule has 0 aromatic heterocycles. The molecule has 6 N–H and O–H groups in total. The number of benzene rings is 1. The maximum Gasteiger partial charge on any atom is 0.631 e. The van der Waals surface area contributed by atoms with Crippen molar-refractivity contribution in [2.24, 2.45) is 0 Å². The Morgan fingerprint density at radius 2 is 1.40 bits per heavy atom. The molecule has 9 heteroatoms. The summed E-state index contributed by atoms with van der Waals surface area (Å²) in [5.74, 6) is 0. The standard InChI is InChI=1S/C6H7NO3S.BH3O3/c7-5-1-3-6(4-2-5)11(8,9)10;2-1(3)4/h1-4H,7H2,(H,8,9,10);2-4H. The molecular formula is C6H10BNO6S. The lowest BCUT2D eigenvalue weighted by Gasteiger charge is -1.95. The summed E-state index contributed by atoms with van der Waals surface area (Å²) in [6, 6.07) is 5.29. The minimum Gasteiger partial charge on any atom is -0.402 e. The first-order chi connectivity index (χ1) is 6.73. The van der Waals surface area contributed by atoms with Crippen molar-refractivity contribution in [3.8, 4) is 0 Å². The van der Waals surface area contributed by atoms with Gasteiger partial charge in [0, 0.05) is 5.69 Å². The van der Waals surface area contributed by atoms with E-state index in [1.807, 2.05) is 0 Å². The topological polar surface area (TPSA) is 141 Å². The second-order valence-corrected chi connectivity index (χ2v) is 3.81. The highest BCUT2D eigenvalue weighted by Crippen LogP contribution is 2.10. The normalized spacial score (nSPS) is 10.1. The molecule has 0 bridgehead atoms. The van der Waals surface area contributed by atoms with Crippen LogP contribution in [-0.2, 0) is 10.1 Å². The zero-order chi connectivity index (χ0) is 12.1. The van der Waals surface area contributed by atoms with Crippen molar-refractivity contribution in [2.75, 3.05) is 5.73 Å². The fraction of sp³-hybridized carbons (Fsp3) is 0. The van der Waals surface area contributed by atoms with Crippen LogP contribution in [0.3, 0.4) is 0 Å². The maximum absolute atomic E-state index is 10.5. The molecule has 0 aliphatic rings. The van der Waals surface area contributed by atoms with Gasteiger partial charge in [0.05, 0.1) is 4.90 Å². The third-order valence-corrected chi connectivity index (χ3v) is 2.05. The van der Waals surface area contributed by atoms with Gasteiger partial charge in [-0.1, -0.05) is 0 Å².